The Bertz CT molecular complexity index is 1360. The van der Waals surface area contributed by atoms with E-state index in [1.807, 2.05) is 60.8 Å². The largest absolute Gasteiger partial charge is 0.485 e. The maximum atomic E-state index is 12.7. The molecule has 0 saturated heterocycles. The van der Waals surface area contributed by atoms with E-state index in [-0.39, 0.29) is 17.4 Å². The van der Waals surface area contributed by atoms with E-state index in [1.54, 1.807) is 12.3 Å². The standard InChI is InChI=1S/C27H23N3O5S/c31-25(30-21(26(32)33)13-17-5-2-1-3-6-17)24-16-29-27(36-24)34-20-9-11-22-18(14-20)8-10-23(35-22)19-7-4-12-28-15-19/h1-7,9,11-12,14-16,21,23H,8,10,13H2,(H,30,31)(H,32,33). The molecule has 0 saturated carbocycles. The van der Waals surface area contributed by atoms with Gasteiger partial charge in [0.1, 0.15) is 28.5 Å². The van der Waals surface area contributed by atoms with Crippen LogP contribution in [0, 0.1) is 0 Å². The van der Waals surface area contributed by atoms with E-state index >= 15 is 0 Å². The first-order chi connectivity index (χ1) is 17.5. The molecule has 0 aliphatic carbocycles. The second-order valence-corrected chi connectivity index (χ2v) is 9.34. The monoisotopic (exact) mass is 501 g/mol. The number of nitrogens with zero attached hydrogens (tertiary/aromatic N) is 2. The molecule has 182 valence electrons. The zero-order chi connectivity index (χ0) is 24.9. The molecule has 2 unspecified atom stereocenters. The molecule has 36 heavy (non-hydrogen) atoms. The first-order valence-corrected chi connectivity index (χ1v) is 12.3. The number of aliphatic carboxylic acids is 1. The number of aromatic nitrogens is 2. The first kappa shape index (κ1) is 23.5. The lowest BCUT2D eigenvalue weighted by Crippen LogP contribution is -2.42. The maximum absolute atomic E-state index is 12.7. The summed E-state index contributed by atoms with van der Waals surface area (Å²) in [5.74, 6) is -0.216. The molecular weight excluding hydrogens is 478 g/mol. The molecule has 0 bridgehead atoms. The van der Waals surface area contributed by atoms with E-state index in [1.165, 1.54) is 6.20 Å². The Balaban J connectivity index is 1.22. The normalized spacial score (nSPS) is 15.3. The predicted octanol–water partition coefficient (Wildman–Crippen LogP) is 4.82. The number of amides is 1. The van der Waals surface area contributed by atoms with Gasteiger partial charge in [0.15, 0.2) is 0 Å². The van der Waals surface area contributed by atoms with Gasteiger partial charge in [0.2, 0.25) is 0 Å². The highest BCUT2D eigenvalue weighted by Gasteiger charge is 2.24. The molecule has 2 atom stereocenters. The Morgan fingerprint density at radius 1 is 1.14 bits per heavy atom. The van der Waals surface area contributed by atoms with Crippen LogP contribution in [0.4, 0.5) is 0 Å². The van der Waals surface area contributed by atoms with Gasteiger partial charge in [-0.1, -0.05) is 47.7 Å². The van der Waals surface area contributed by atoms with Crippen LogP contribution >= 0.6 is 11.3 Å². The molecule has 9 heteroatoms. The molecule has 0 spiro atoms. The van der Waals surface area contributed by atoms with Gasteiger partial charge in [-0.3, -0.25) is 9.78 Å². The third-order valence-corrected chi connectivity index (χ3v) is 6.71. The fourth-order valence-corrected chi connectivity index (χ4v) is 4.71. The van der Waals surface area contributed by atoms with Crippen LogP contribution in [0.3, 0.4) is 0 Å². The van der Waals surface area contributed by atoms with Crippen molar-refractivity contribution in [3.05, 3.63) is 101 Å². The summed E-state index contributed by atoms with van der Waals surface area (Å²) in [5, 5.41) is 12.4. The molecule has 8 nitrogen and oxygen atoms in total. The molecule has 0 fully saturated rings. The minimum Gasteiger partial charge on any atom is -0.485 e. The van der Waals surface area contributed by atoms with E-state index in [0.29, 0.717) is 10.9 Å². The number of hydrogen-bond donors (Lipinski definition) is 2. The van der Waals surface area contributed by atoms with Crippen molar-refractivity contribution in [3.8, 4) is 16.7 Å². The smallest absolute Gasteiger partial charge is 0.326 e. The van der Waals surface area contributed by atoms with Crippen LogP contribution in [0.25, 0.3) is 0 Å². The average molecular weight is 502 g/mol. The molecule has 1 aliphatic rings. The summed E-state index contributed by atoms with van der Waals surface area (Å²) in [6.45, 7) is 0. The third kappa shape index (κ3) is 5.52. The summed E-state index contributed by atoms with van der Waals surface area (Å²) in [6, 6.07) is 17.6. The number of hydrogen-bond acceptors (Lipinski definition) is 7. The summed E-state index contributed by atoms with van der Waals surface area (Å²) in [7, 11) is 0. The first-order valence-electron chi connectivity index (χ1n) is 11.5. The molecule has 1 amide bonds. The lowest BCUT2D eigenvalue weighted by Gasteiger charge is -2.26. The summed E-state index contributed by atoms with van der Waals surface area (Å²) in [5.41, 5.74) is 2.90. The summed E-state index contributed by atoms with van der Waals surface area (Å²) < 4.78 is 12.0. The number of carboxylic acids is 1. The van der Waals surface area contributed by atoms with Crippen molar-refractivity contribution in [2.45, 2.75) is 31.4 Å². The number of ether oxygens (including phenoxy) is 2. The van der Waals surface area contributed by atoms with Gasteiger partial charge < -0.3 is 19.9 Å². The Kier molecular flexibility index (Phi) is 6.90. The summed E-state index contributed by atoms with van der Waals surface area (Å²) in [6.07, 6.45) is 6.76. The Hall–Kier alpha value is -4.24. The minimum atomic E-state index is -1.10. The molecule has 5 rings (SSSR count). The number of pyridine rings is 1. The van der Waals surface area contributed by atoms with Crippen LogP contribution in [0.15, 0.2) is 79.3 Å². The van der Waals surface area contributed by atoms with E-state index in [2.05, 4.69) is 15.3 Å². The van der Waals surface area contributed by atoms with Gasteiger partial charge in [0.25, 0.3) is 11.1 Å². The highest BCUT2D eigenvalue weighted by molar-refractivity contribution is 7.15. The number of carbonyl (C=O) groups excluding carboxylic acids is 1. The lowest BCUT2D eigenvalue weighted by molar-refractivity contribution is -0.139. The highest BCUT2D eigenvalue weighted by atomic mass is 32.1. The van der Waals surface area contributed by atoms with Crippen molar-refractivity contribution in [2.75, 3.05) is 0 Å². The van der Waals surface area contributed by atoms with Crippen LogP contribution in [0.1, 0.15) is 38.9 Å². The van der Waals surface area contributed by atoms with Gasteiger partial charge in [-0.05, 0) is 48.2 Å². The highest BCUT2D eigenvalue weighted by Crippen LogP contribution is 2.37. The van der Waals surface area contributed by atoms with Gasteiger partial charge >= 0.3 is 5.97 Å². The van der Waals surface area contributed by atoms with Crippen molar-refractivity contribution in [1.29, 1.82) is 0 Å². The second-order valence-electron chi connectivity index (χ2n) is 8.35. The summed E-state index contributed by atoms with van der Waals surface area (Å²) in [4.78, 5) is 33.0. The van der Waals surface area contributed by atoms with Gasteiger partial charge in [0.05, 0.1) is 6.20 Å². The van der Waals surface area contributed by atoms with Crippen molar-refractivity contribution >= 4 is 23.2 Å². The molecule has 0 radical (unpaired) electrons. The van der Waals surface area contributed by atoms with Crippen LogP contribution in [-0.2, 0) is 17.6 Å². The molecule has 1 aliphatic heterocycles. The van der Waals surface area contributed by atoms with Crippen molar-refractivity contribution < 1.29 is 24.2 Å². The predicted molar refractivity (Wildman–Crippen MR) is 134 cm³/mol. The van der Waals surface area contributed by atoms with E-state index < -0.39 is 17.9 Å². The zero-order valence-electron chi connectivity index (χ0n) is 19.2. The number of rotatable bonds is 8. The van der Waals surface area contributed by atoms with Crippen molar-refractivity contribution in [1.82, 2.24) is 15.3 Å². The Labute approximate surface area is 211 Å². The zero-order valence-corrected chi connectivity index (χ0v) is 20.0. The number of nitrogens with one attached hydrogen (secondary N) is 1. The Morgan fingerprint density at radius 2 is 2.00 bits per heavy atom. The number of carboxylic acid groups (broad SMARTS) is 1. The van der Waals surface area contributed by atoms with E-state index in [9.17, 15) is 14.7 Å². The molecule has 2 aromatic carbocycles. The number of aryl methyl sites for hydroxylation is 1. The van der Waals surface area contributed by atoms with Crippen molar-refractivity contribution in [2.24, 2.45) is 0 Å². The fraction of sp³-hybridized carbons (Fsp3) is 0.185. The molecule has 2 N–H and O–H groups in total. The maximum Gasteiger partial charge on any atom is 0.326 e. The van der Waals surface area contributed by atoms with Gasteiger partial charge in [-0.25, -0.2) is 9.78 Å². The quantitative estimate of drug-likeness (QED) is 0.356. The second kappa shape index (κ2) is 10.6. The SMILES string of the molecule is O=C(NC(Cc1ccccc1)C(=O)O)c1cnc(Oc2ccc3c(c2)CCC(c2cccnc2)O3)s1. The number of thiazole rings is 1. The molecule has 2 aromatic heterocycles. The summed E-state index contributed by atoms with van der Waals surface area (Å²) >= 11 is 1.05. The number of fused-ring (bicyclic) bond motifs is 1. The van der Waals surface area contributed by atoms with Crippen LogP contribution in [0.5, 0.6) is 16.7 Å². The third-order valence-electron chi connectivity index (χ3n) is 5.83. The van der Waals surface area contributed by atoms with Crippen LogP contribution in [-0.4, -0.2) is 33.0 Å². The number of benzene rings is 2. The van der Waals surface area contributed by atoms with Gasteiger partial charge in [-0.15, -0.1) is 0 Å². The molecular formula is C27H23N3O5S. The van der Waals surface area contributed by atoms with Crippen LogP contribution < -0.4 is 14.8 Å². The number of carbonyl (C=O) groups is 2. The molecule has 4 aromatic rings. The fourth-order valence-electron chi connectivity index (χ4n) is 4.02. The van der Waals surface area contributed by atoms with Gasteiger partial charge in [0, 0.05) is 24.4 Å². The lowest BCUT2D eigenvalue weighted by atomic mass is 9.98. The average Bonchev–Trinajstić information content (AvgIpc) is 3.37. The topological polar surface area (TPSA) is 111 Å². The Morgan fingerprint density at radius 3 is 2.78 bits per heavy atom. The van der Waals surface area contributed by atoms with Gasteiger partial charge in [-0.2, -0.15) is 0 Å². The minimum absolute atomic E-state index is 0.0329. The van der Waals surface area contributed by atoms with E-state index in [4.69, 9.17) is 9.47 Å². The van der Waals surface area contributed by atoms with Crippen molar-refractivity contribution in [3.63, 3.8) is 0 Å². The van der Waals surface area contributed by atoms with E-state index in [0.717, 1.165) is 46.6 Å². The molecule has 3 heterocycles. The van der Waals surface area contributed by atoms with Crippen LogP contribution in [0.2, 0.25) is 0 Å².